The van der Waals surface area contributed by atoms with Crippen LogP contribution in [-0.2, 0) is 29.0 Å². The second-order valence-corrected chi connectivity index (χ2v) is 11.9. The monoisotopic (exact) mass is 591 g/mol. The number of nitrogens with two attached hydrogens (primary N) is 1. The van der Waals surface area contributed by atoms with Gasteiger partial charge in [0.25, 0.3) is 0 Å². The Balaban J connectivity index is 1.50. The first-order valence-corrected chi connectivity index (χ1v) is 15.1. The van der Waals surface area contributed by atoms with Gasteiger partial charge in [-0.1, -0.05) is 44.9 Å². The number of nitrogen functional groups attached to an aromatic ring is 1. The number of anilines is 1. The number of esters is 1. The van der Waals surface area contributed by atoms with Gasteiger partial charge in [0.1, 0.15) is 47.5 Å². The molecule has 1 saturated heterocycles. The van der Waals surface area contributed by atoms with Crippen molar-refractivity contribution in [2.45, 2.75) is 70.5 Å². The fraction of sp³-hybridized carbons (Fsp3) is 0.519. The van der Waals surface area contributed by atoms with E-state index < -0.39 is 50.3 Å². The number of para-hydroxylation sites is 1. The summed E-state index contributed by atoms with van der Waals surface area (Å²) in [5, 5.41) is 28.7. The normalized spacial score (nSPS) is 24.8. The van der Waals surface area contributed by atoms with Gasteiger partial charge in [0.2, 0.25) is 0 Å². The number of fused-ring (bicyclic) bond motifs is 1. The van der Waals surface area contributed by atoms with E-state index in [9.17, 15) is 19.6 Å². The highest BCUT2D eigenvalue weighted by molar-refractivity contribution is 7.52. The minimum Gasteiger partial charge on any atom is -0.464 e. The van der Waals surface area contributed by atoms with Crippen LogP contribution in [0.1, 0.15) is 46.2 Å². The van der Waals surface area contributed by atoms with Gasteiger partial charge in [-0.15, -0.1) is 0 Å². The fourth-order valence-electron chi connectivity index (χ4n) is 4.68. The van der Waals surface area contributed by atoms with Crippen molar-refractivity contribution in [2.24, 2.45) is 5.92 Å². The molecule has 3 heterocycles. The van der Waals surface area contributed by atoms with Crippen molar-refractivity contribution in [1.82, 2.24) is 19.7 Å². The average molecular weight is 592 g/mol. The minimum absolute atomic E-state index is 0.220. The predicted octanol–water partition coefficient (Wildman–Crippen LogP) is 2.81. The molecule has 1 aromatic carbocycles. The molecule has 3 aromatic rings. The van der Waals surface area contributed by atoms with E-state index in [0.717, 1.165) is 12.8 Å². The summed E-state index contributed by atoms with van der Waals surface area (Å²) in [6.45, 7) is 6.92. The zero-order valence-corrected chi connectivity index (χ0v) is 24.4. The van der Waals surface area contributed by atoms with Crippen LogP contribution in [0, 0.1) is 5.92 Å². The third-order valence-electron chi connectivity index (χ3n) is 7.35. The van der Waals surface area contributed by atoms with Crippen LogP contribution in [0.3, 0.4) is 0 Å². The van der Waals surface area contributed by atoms with Gasteiger partial charge >= 0.3 is 13.7 Å². The first-order chi connectivity index (χ1) is 19.5. The van der Waals surface area contributed by atoms with Crippen LogP contribution < -0.4 is 15.3 Å². The van der Waals surface area contributed by atoms with Gasteiger partial charge in [0.05, 0.1) is 18.9 Å². The number of hydrogen-bond acceptors (Lipinski definition) is 11. The number of aromatic nitrogens is 3. The summed E-state index contributed by atoms with van der Waals surface area (Å²) in [4.78, 5) is 16.6. The Labute approximate surface area is 238 Å². The van der Waals surface area contributed by atoms with Crippen LogP contribution >= 0.6 is 7.75 Å². The minimum atomic E-state index is -4.22. The molecule has 5 N–H and O–H groups in total. The molecule has 14 heteroatoms. The standard InChI is InChI=1S/C27H38N5O8P/c1-5-18(6-2)14-37-26(35)17(3)31-41(36,40-19-10-8-7-9-11-19)38-15-21-23(33)24(34)27(4,39-21)22-13-12-20-25(28)29-16-30-32(20)22/h7-13,16-18,21,23-24,33-34H,5-6,14-15H2,1-4H3,(H,31,36)(H2,28,29,30)/t17-,21?,23+,24+,27-,41?/m0/s1. The largest absolute Gasteiger partial charge is 0.464 e. The zero-order chi connectivity index (χ0) is 29.8. The van der Waals surface area contributed by atoms with Gasteiger partial charge in [0, 0.05) is 0 Å². The molecule has 0 amide bonds. The Morgan fingerprint density at radius 1 is 1.22 bits per heavy atom. The van der Waals surface area contributed by atoms with Crippen LogP contribution in [0.4, 0.5) is 5.82 Å². The molecular weight excluding hydrogens is 553 g/mol. The van der Waals surface area contributed by atoms with Gasteiger partial charge in [-0.3, -0.25) is 9.32 Å². The van der Waals surface area contributed by atoms with Crippen molar-refractivity contribution in [2.75, 3.05) is 18.9 Å². The predicted molar refractivity (Wildman–Crippen MR) is 150 cm³/mol. The van der Waals surface area contributed by atoms with E-state index in [4.69, 9.17) is 24.3 Å². The molecule has 0 aliphatic carbocycles. The van der Waals surface area contributed by atoms with Crippen molar-refractivity contribution < 1.29 is 38.1 Å². The number of nitrogens with zero attached hydrogens (tertiary/aromatic N) is 3. The fourth-order valence-corrected chi connectivity index (χ4v) is 6.18. The third kappa shape index (κ3) is 6.72. The van der Waals surface area contributed by atoms with Crippen LogP contribution in [0.15, 0.2) is 48.8 Å². The van der Waals surface area contributed by atoms with Crippen LogP contribution in [0.5, 0.6) is 5.75 Å². The number of benzene rings is 1. The lowest BCUT2D eigenvalue weighted by molar-refractivity contribution is -0.146. The summed E-state index contributed by atoms with van der Waals surface area (Å²) < 4.78 is 38.3. The first kappa shape index (κ1) is 30.9. The lowest BCUT2D eigenvalue weighted by Gasteiger charge is -2.27. The number of ether oxygens (including phenoxy) is 2. The van der Waals surface area contributed by atoms with Crippen molar-refractivity contribution in [3.8, 4) is 5.75 Å². The highest BCUT2D eigenvalue weighted by Gasteiger charge is 2.54. The van der Waals surface area contributed by atoms with Crippen LogP contribution in [-0.4, -0.2) is 68.3 Å². The summed E-state index contributed by atoms with van der Waals surface area (Å²) in [5.74, 6) is 0.0760. The molecule has 0 saturated carbocycles. The van der Waals surface area contributed by atoms with Gasteiger partial charge in [0.15, 0.2) is 5.82 Å². The molecule has 1 aliphatic heterocycles. The molecule has 41 heavy (non-hydrogen) atoms. The number of carbonyl (C=O) groups is 1. The lowest BCUT2D eigenvalue weighted by Crippen LogP contribution is -2.40. The SMILES string of the molecule is CCC(CC)COC(=O)[C@H](C)NP(=O)(OCC1O[C@@](C)(c2ccc3c(N)ncnn23)[C@H](O)[C@@H]1O)Oc1ccccc1. The molecule has 4 rings (SSSR count). The highest BCUT2D eigenvalue weighted by atomic mass is 31.2. The van der Waals surface area contributed by atoms with E-state index in [-0.39, 0.29) is 24.1 Å². The van der Waals surface area contributed by atoms with Crippen molar-refractivity contribution in [3.63, 3.8) is 0 Å². The smallest absolute Gasteiger partial charge is 0.459 e. The molecule has 6 atom stereocenters. The molecule has 1 fully saturated rings. The maximum Gasteiger partial charge on any atom is 0.459 e. The van der Waals surface area contributed by atoms with Gasteiger partial charge in [-0.25, -0.2) is 14.1 Å². The highest BCUT2D eigenvalue weighted by Crippen LogP contribution is 2.47. The quantitative estimate of drug-likeness (QED) is 0.169. The van der Waals surface area contributed by atoms with Crippen LogP contribution in [0.25, 0.3) is 5.52 Å². The Bertz CT molecular complexity index is 1370. The van der Waals surface area contributed by atoms with E-state index >= 15 is 0 Å². The van der Waals surface area contributed by atoms with Crippen molar-refractivity contribution in [1.29, 1.82) is 0 Å². The molecule has 224 valence electrons. The molecule has 0 radical (unpaired) electrons. The summed E-state index contributed by atoms with van der Waals surface area (Å²) in [6, 6.07) is 10.6. The van der Waals surface area contributed by atoms with E-state index in [1.54, 1.807) is 49.4 Å². The van der Waals surface area contributed by atoms with Gasteiger partial charge in [-0.2, -0.15) is 10.2 Å². The maximum absolute atomic E-state index is 13.9. The zero-order valence-electron chi connectivity index (χ0n) is 23.5. The van der Waals surface area contributed by atoms with Crippen molar-refractivity contribution in [3.05, 3.63) is 54.5 Å². The Morgan fingerprint density at radius 2 is 1.93 bits per heavy atom. The Hall–Kier alpha value is -3.06. The molecular formula is C27H38N5O8P. The maximum atomic E-state index is 13.9. The lowest BCUT2D eigenvalue weighted by atomic mass is 9.93. The summed E-state index contributed by atoms with van der Waals surface area (Å²) in [7, 11) is -4.22. The van der Waals surface area contributed by atoms with Gasteiger partial charge < -0.3 is 29.9 Å². The van der Waals surface area contributed by atoms with Gasteiger partial charge in [-0.05, 0) is 44.0 Å². The van der Waals surface area contributed by atoms with E-state index in [0.29, 0.717) is 11.2 Å². The van der Waals surface area contributed by atoms with Crippen LogP contribution in [0.2, 0.25) is 0 Å². The third-order valence-corrected chi connectivity index (χ3v) is 9.00. The summed E-state index contributed by atoms with van der Waals surface area (Å²) in [5.41, 5.74) is 5.44. The molecule has 1 aliphatic rings. The number of carbonyl (C=O) groups excluding carboxylic acids is 1. The summed E-state index contributed by atoms with van der Waals surface area (Å²) in [6.07, 6.45) is -0.945. The molecule has 2 unspecified atom stereocenters. The van der Waals surface area contributed by atoms with E-state index in [2.05, 4.69) is 15.2 Å². The molecule has 0 spiro atoms. The topological polar surface area (TPSA) is 180 Å². The Morgan fingerprint density at radius 3 is 2.61 bits per heavy atom. The van der Waals surface area contributed by atoms with E-state index in [1.807, 2.05) is 13.8 Å². The second-order valence-electron chi connectivity index (χ2n) is 10.2. The second kappa shape index (κ2) is 12.8. The average Bonchev–Trinajstić information content (AvgIpc) is 3.49. The molecule has 2 aromatic heterocycles. The number of aliphatic hydroxyl groups is 2. The molecule has 0 bridgehead atoms. The number of aliphatic hydroxyl groups excluding tert-OH is 2. The molecule has 13 nitrogen and oxygen atoms in total. The van der Waals surface area contributed by atoms with E-state index in [1.165, 1.54) is 17.8 Å². The first-order valence-electron chi connectivity index (χ1n) is 13.6. The number of nitrogens with one attached hydrogen (secondary N) is 1. The summed E-state index contributed by atoms with van der Waals surface area (Å²) >= 11 is 0. The number of hydrogen-bond donors (Lipinski definition) is 4. The van der Waals surface area contributed by atoms with Crippen molar-refractivity contribution >= 4 is 25.1 Å². The number of rotatable bonds is 13. The Kier molecular flexibility index (Phi) is 9.68.